The predicted molar refractivity (Wildman–Crippen MR) is 92.4 cm³/mol. The van der Waals surface area contributed by atoms with Crippen LogP contribution in [0.3, 0.4) is 0 Å². The summed E-state index contributed by atoms with van der Waals surface area (Å²) in [6.45, 7) is 3.01. The maximum atomic E-state index is 12.7. The second-order valence-corrected chi connectivity index (χ2v) is 7.05. The molecular weight excluding hydrogens is 367 g/mol. The number of alkyl halides is 3. The molecule has 2 aromatic rings. The maximum absolute atomic E-state index is 12.7. The van der Waals surface area contributed by atoms with Gasteiger partial charge in [-0.3, -0.25) is 4.79 Å². The number of rotatable bonds is 5. The fraction of sp³-hybridized carbons (Fsp3) is 0.389. The molecule has 0 bridgehead atoms. The van der Waals surface area contributed by atoms with Crippen LogP contribution in [0.5, 0.6) is 11.5 Å². The summed E-state index contributed by atoms with van der Waals surface area (Å²) < 4.78 is 50.1. The molecule has 0 radical (unpaired) electrons. The van der Waals surface area contributed by atoms with E-state index < -0.39 is 12.7 Å². The maximum Gasteiger partial charge on any atom is 0.406 e. The molecule has 0 spiro atoms. The molecular formula is C18H18F3NO3S. The Morgan fingerprint density at radius 3 is 2.54 bits per heavy atom. The lowest BCUT2D eigenvalue weighted by atomic mass is 10.2. The first kappa shape index (κ1) is 18.7. The van der Waals surface area contributed by atoms with Crippen molar-refractivity contribution in [3.63, 3.8) is 0 Å². The Labute approximate surface area is 153 Å². The fourth-order valence-corrected chi connectivity index (χ4v) is 3.65. The topological polar surface area (TPSA) is 40.5 Å². The lowest BCUT2D eigenvalue weighted by molar-refractivity contribution is -0.141. The van der Waals surface area contributed by atoms with Gasteiger partial charge in [-0.25, -0.2) is 0 Å². The second kappa shape index (κ2) is 7.26. The van der Waals surface area contributed by atoms with Crippen LogP contribution in [0, 0.1) is 13.8 Å². The molecule has 0 atom stereocenters. The molecule has 0 unspecified atom stereocenters. The van der Waals surface area contributed by atoms with E-state index in [1.165, 1.54) is 17.8 Å². The number of ether oxygens (including phenoxy) is 2. The predicted octanol–water partition coefficient (Wildman–Crippen LogP) is 4.41. The average Bonchev–Trinajstić information content (AvgIpc) is 2.86. The van der Waals surface area contributed by atoms with Gasteiger partial charge in [0.25, 0.3) is 0 Å². The van der Waals surface area contributed by atoms with Crippen LogP contribution in [0.1, 0.15) is 21.7 Å². The van der Waals surface area contributed by atoms with Crippen LogP contribution in [-0.2, 0) is 6.54 Å². The lowest BCUT2D eigenvalue weighted by Crippen LogP contribution is -2.19. The van der Waals surface area contributed by atoms with Crippen LogP contribution in [0.2, 0.25) is 0 Å². The molecule has 0 saturated heterocycles. The quantitative estimate of drug-likeness (QED) is 0.565. The molecule has 4 nitrogen and oxygen atoms in total. The number of Topliss-reactive ketones (excluding diaryl/α,β-unsaturated/α-hetero) is 1. The van der Waals surface area contributed by atoms with Crippen molar-refractivity contribution in [2.75, 3.05) is 19.0 Å². The van der Waals surface area contributed by atoms with E-state index in [4.69, 9.17) is 9.47 Å². The summed E-state index contributed by atoms with van der Waals surface area (Å²) in [5, 5.41) is 0. The molecule has 0 N–H and O–H groups in total. The fourth-order valence-electron chi connectivity index (χ4n) is 2.85. The van der Waals surface area contributed by atoms with Gasteiger partial charge >= 0.3 is 6.18 Å². The SMILES string of the molecule is Cc1cc(C(=O)CSc2ccc3c(c2)OCCO3)c(C)n1CC(F)(F)F. The molecule has 0 fully saturated rings. The summed E-state index contributed by atoms with van der Waals surface area (Å²) in [6, 6.07) is 6.95. The number of carbonyl (C=O) groups is 1. The number of benzene rings is 1. The zero-order valence-corrected chi connectivity index (χ0v) is 15.2. The van der Waals surface area contributed by atoms with E-state index in [-0.39, 0.29) is 11.5 Å². The first-order valence-electron chi connectivity index (χ1n) is 8.04. The van der Waals surface area contributed by atoms with E-state index in [9.17, 15) is 18.0 Å². The molecule has 0 amide bonds. The van der Waals surface area contributed by atoms with Gasteiger partial charge in [-0.1, -0.05) is 0 Å². The lowest BCUT2D eigenvalue weighted by Gasteiger charge is -2.18. The molecule has 1 aliphatic rings. The standard InChI is InChI=1S/C18H18F3NO3S/c1-11-7-14(12(2)22(11)10-18(19,20)21)15(23)9-26-13-3-4-16-17(8-13)25-6-5-24-16/h3-4,7-8H,5-6,9-10H2,1-2H3. The minimum Gasteiger partial charge on any atom is -0.486 e. The first-order valence-corrected chi connectivity index (χ1v) is 9.02. The minimum atomic E-state index is -4.32. The van der Waals surface area contributed by atoms with Crippen molar-refractivity contribution in [1.29, 1.82) is 0 Å². The molecule has 2 heterocycles. The van der Waals surface area contributed by atoms with Gasteiger partial charge in [-0.2, -0.15) is 13.2 Å². The van der Waals surface area contributed by atoms with Crippen molar-refractivity contribution >= 4 is 17.5 Å². The first-order chi connectivity index (χ1) is 12.2. The van der Waals surface area contributed by atoms with Crippen LogP contribution in [0.25, 0.3) is 0 Å². The number of aromatic nitrogens is 1. The highest BCUT2D eigenvalue weighted by Gasteiger charge is 2.30. The second-order valence-electron chi connectivity index (χ2n) is 6.00. The van der Waals surface area contributed by atoms with Crippen LogP contribution < -0.4 is 9.47 Å². The molecule has 0 saturated carbocycles. The molecule has 3 rings (SSSR count). The number of ketones is 1. The Morgan fingerprint density at radius 1 is 1.15 bits per heavy atom. The summed E-state index contributed by atoms with van der Waals surface area (Å²) in [5.74, 6) is 1.24. The molecule has 1 aliphatic heterocycles. The normalized spacial score (nSPS) is 13.7. The summed E-state index contributed by atoms with van der Waals surface area (Å²) in [4.78, 5) is 13.3. The third-order valence-corrected chi connectivity index (χ3v) is 5.09. The average molecular weight is 385 g/mol. The molecule has 1 aromatic heterocycles. The number of halogens is 3. The Balaban J connectivity index is 1.70. The van der Waals surface area contributed by atoms with Crippen molar-refractivity contribution in [3.05, 3.63) is 41.2 Å². The highest BCUT2D eigenvalue weighted by molar-refractivity contribution is 8.00. The molecule has 0 aliphatic carbocycles. The summed E-state index contributed by atoms with van der Waals surface area (Å²) in [6.07, 6.45) is -4.32. The number of thioether (sulfide) groups is 1. The van der Waals surface area contributed by atoms with Crippen LogP contribution in [-0.4, -0.2) is 35.5 Å². The zero-order valence-electron chi connectivity index (χ0n) is 14.4. The molecule has 1 aromatic carbocycles. The highest BCUT2D eigenvalue weighted by Crippen LogP contribution is 2.34. The molecule has 26 heavy (non-hydrogen) atoms. The molecule has 140 valence electrons. The Morgan fingerprint density at radius 2 is 1.85 bits per heavy atom. The number of aryl methyl sites for hydroxylation is 1. The van der Waals surface area contributed by atoms with Gasteiger partial charge < -0.3 is 14.0 Å². The Kier molecular flexibility index (Phi) is 5.22. The van der Waals surface area contributed by atoms with Gasteiger partial charge in [-0.05, 0) is 38.1 Å². The van der Waals surface area contributed by atoms with E-state index in [0.717, 1.165) is 9.46 Å². The number of hydrogen-bond donors (Lipinski definition) is 0. The summed E-state index contributed by atoms with van der Waals surface area (Å²) in [7, 11) is 0. The van der Waals surface area contributed by atoms with E-state index in [1.54, 1.807) is 26.0 Å². The van der Waals surface area contributed by atoms with Crippen molar-refractivity contribution in [3.8, 4) is 11.5 Å². The molecule has 8 heteroatoms. The van der Waals surface area contributed by atoms with Gasteiger partial charge in [0.2, 0.25) is 0 Å². The number of carbonyl (C=O) groups excluding carboxylic acids is 1. The number of fused-ring (bicyclic) bond motifs is 1. The number of hydrogen-bond acceptors (Lipinski definition) is 4. The largest absolute Gasteiger partial charge is 0.486 e. The summed E-state index contributed by atoms with van der Waals surface area (Å²) >= 11 is 1.32. The van der Waals surface area contributed by atoms with E-state index in [1.807, 2.05) is 6.07 Å². The van der Waals surface area contributed by atoms with Crippen LogP contribution in [0.15, 0.2) is 29.2 Å². The van der Waals surface area contributed by atoms with E-state index >= 15 is 0 Å². The van der Waals surface area contributed by atoms with Crippen LogP contribution >= 0.6 is 11.8 Å². The summed E-state index contributed by atoms with van der Waals surface area (Å²) in [5.41, 5.74) is 1.09. The third kappa shape index (κ3) is 4.17. The zero-order chi connectivity index (χ0) is 18.9. The van der Waals surface area contributed by atoms with Crippen LogP contribution in [0.4, 0.5) is 13.2 Å². The Bertz CT molecular complexity index is 830. The van der Waals surface area contributed by atoms with Gasteiger partial charge in [0.1, 0.15) is 19.8 Å². The van der Waals surface area contributed by atoms with E-state index in [2.05, 4.69) is 0 Å². The Hall–Kier alpha value is -2.09. The van der Waals surface area contributed by atoms with Crippen molar-refractivity contribution in [2.24, 2.45) is 0 Å². The smallest absolute Gasteiger partial charge is 0.406 e. The number of nitrogens with zero attached hydrogens (tertiary/aromatic N) is 1. The third-order valence-electron chi connectivity index (χ3n) is 4.10. The monoisotopic (exact) mass is 385 g/mol. The van der Waals surface area contributed by atoms with Crippen molar-refractivity contribution in [2.45, 2.75) is 31.5 Å². The van der Waals surface area contributed by atoms with E-state index in [0.29, 0.717) is 41.7 Å². The van der Waals surface area contributed by atoms with Gasteiger partial charge in [0, 0.05) is 21.8 Å². The van der Waals surface area contributed by atoms with Crippen molar-refractivity contribution in [1.82, 2.24) is 4.57 Å². The minimum absolute atomic E-state index is 0.135. The van der Waals surface area contributed by atoms with Gasteiger partial charge in [-0.15, -0.1) is 11.8 Å². The highest BCUT2D eigenvalue weighted by atomic mass is 32.2. The van der Waals surface area contributed by atoms with Crippen molar-refractivity contribution < 1.29 is 27.4 Å². The van der Waals surface area contributed by atoms with Gasteiger partial charge in [0.05, 0.1) is 5.75 Å². The van der Waals surface area contributed by atoms with Gasteiger partial charge in [0.15, 0.2) is 17.3 Å².